The third kappa shape index (κ3) is 2.24. The van der Waals surface area contributed by atoms with E-state index in [4.69, 9.17) is 5.73 Å². The Balaban J connectivity index is 2.08. The van der Waals surface area contributed by atoms with Gasteiger partial charge in [-0.3, -0.25) is 9.59 Å². The van der Waals surface area contributed by atoms with Crippen LogP contribution in [0.4, 0.5) is 0 Å². The number of carbonyl (C=O) groups excluding carboxylic acids is 2. The third-order valence-electron chi connectivity index (χ3n) is 2.69. The van der Waals surface area contributed by atoms with Gasteiger partial charge in [-0.2, -0.15) is 0 Å². The van der Waals surface area contributed by atoms with Crippen molar-refractivity contribution in [2.45, 2.75) is 31.7 Å². The first-order chi connectivity index (χ1) is 7.59. The molecule has 2 rings (SSSR count). The molecule has 1 aliphatic carbocycles. The highest BCUT2D eigenvalue weighted by Crippen LogP contribution is 2.43. The van der Waals surface area contributed by atoms with E-state index in [0.717, 1.165) is 23.3 Å². The lowest BCUT2D eigenvalue weighted by atomic mass is 10.1. The molecule has 16 heavy (non-hydrogen) atoms. The molecule has 1 aliphatic rings. The third-order valence-corrected chi connectivity index (χ3v) is 3.62. The summed E-state index contributed by atoms with van der Waals surface area (Å²) in [7, 11) is 0. The Morgan fingerprint density at radius 2 is 2.25 bits per heavy atom. The molecule has 1 atom stereocenters. The summed E-state index contributed by atoms with van der Waals surface area (Å²) in [6.07, 6.45) is 2.31. The van der Waals surface area contributed by atoms with E-state index in [9.17, 15) is 9.59 Å². The molecule has 86 valence electrons. The first-order valence-corrected chi connectivity index (χ1v) is 6.15. The van der Waals surface area contributed by atoms with Gasteiger partial charge in [-0.25, -0.2) is 0 Å². The van der Waals surface area contributed by atoms with Crippen LogP contribution >= 0.6 is 11.3 Å². The topological polar surface area (TPSA) is 72.2 Å². The lowest BCUT2D eigenvalue weighted by Crippen LogP contribution is -2.42. The Morgan fingerprint density at radius 1 is 1.56 bits per heavy atom. The van der Waals surface area contributed by atoms with E-state index in [1.807, 2.05) is 11.4 Å². The van der Waals surface area contributed by atoms with Crippen LogP contribution < -0.4 is 11.1 Å². The van der Waals surface area contributed by atoms with E-state index in [2.05, 4.69) is 5.32 Å². The monoisotopic (exact) mass is 238 g/mol. The fourth-order valence-corrected chi connectivity index (χ4v) is 2.44. The zero-order valence-corrected chi connectivity index (χ0v) is 9.84. The van der Waals surface area contributed by atoms with Gasteiger partial charge in [0.1, 0.15) is 6.04 Å². The first-order valence-electron chi connectivity index (χ1n) is 5.27. The molecule has 0 aromatic carbocycles. The summed E-state index contributed by atoms with van der Waals surface area (Å²) >= 11 is 1.42. The molecule has 1 aromatic heterocycles. The quantitative estimate of drug-likeness (QED) is 0.828. The number of nitrogens with two attached hydrogens (primary N) is 1. The number of rotatable bonds is 4. The average Bonchev–Trinajstić information content (AvgIpc) is 2.95. The van der Waals surface area contributed by atoms with Crippen LogP contribution in [0.3, 0.4) is 0 Å². The predicted molar refractivity (Wildman–Crippen MR) is 62.4 cm³/mol. The molecular weight excluding hydrogens is 224 g/mol. The van der Waals surface area contributed by atoms with E-state index in [-0.39, 0.29) is 5.91 Å². The Bertz CT molecular complexity index is 423. The van der Waals surface area contributed by atoms with Gasteiger partial charge < -0.3 is 11.1 Å². The first kappa shape index (κ1) is 11.1. The summed E-state index contributed by atoms with van der Waals surface area (Å²) in [5.41, 5.74) is 6.21. The number of nitrogens with one attached hydrogen (secondary N) is 1. The summed E-state index contributed by atoms with van der Waals surface area (Å²) < 4.78 is 0. The van der Waals surface area contributed by atoms with Gasteiger partial charge in [0.05, 0.1) is 4.88 Å². The van der Waals surface area contributed by atoms with Crippen LogP contribution in [0.25, 0.3) is 0 Å². The zero-order valence-electron chi connectivity index (χ0n) is 9.03. The molecule has 5 heteroatoms. The van der Waals surface area contributed by atoms with E-state index < -0.39 is 11.9 Å². The Hall–Kier alpha value is -1.36. The maximum Gasteiger partial charge on any atom is 0.262 e. The van der Waals surface area contributed by atoms with Crippen LogP contribution in [0.2, 0.25) is 0 Å². The Labute approximate surface area is 97.8 Å². The van der Waals surface area contributed by atoms with Crippen LogP contribution in [-0.2, 0) is 4.79 Å². The normalized spacial score (nSPS) is 16.8. The molecule has 0 aliphatic heterocycles. The maximum absolute atomic E-state index is 11.9. The summed E-state index contributed by atoms with van der Waals surface area (Å²) in [6.45, 7) is 1.59. The van der Waals surface area contributed by atoms with Crippen molar-refractivity contribution in [2.75, 3.05) is 0 Å². The lowest BCUT2D eigenvalue weighted by molar-refractivity contribution is -0.119. The molecule has 1 heterocycles. The van der Waals surface area contributed by atoms with Crippen molar-refractivity contribution in [3.8, 4) is 0 Å². The summed E-state index contributed by atoms with van der Waals surface area (Å²) in [4.78, 5) is 23.4. The number of hydrogen-bond acceptors (Lipinski definition) is 3. The second kappa shape index (κ2) is 4.25. The molecule has 2 amide bonds. The minimum Gasteiger partial charge on any atom is -0.368 e. The molecular formula is C11H14N2O2S. The van der Waals surface area contributed by atoms with Crippen LogP contribution in [-0.4, -0.2) is 17.9 Å². The summed E-state index contributed by atoms with van der Waals surface area (Å²) in [5.74, 6) is -0.169. The van der Waals surface area contributed by atoms with E-state index in [1.165, 1.54) is 11.3 Å². The van der Waals surface area contributed by atoms with Gasteiger partial charge >= 0.3 is 0 Å². The van der Waals surface area contributed by atoms with Crippen molar-refractivity contribution in [2.24, 2.45) is 5.73 Å². The number of primary amides is 1. The van der Waals surface area contributed by atoms with Gasteiger partial charge in [0.15, 0.2) is 0 Å². The van der Waals surface area contributed by atoms with Crippen LogP contribution in [0.1, 0.15) is 40.9 Å². The Morgan fingerprint density at radius 3 is 2.81 bits per heavy atom. The smallest absolute Gasteiger partial charge is 0.262 e. The Kier molecular flexibility index (Phi) is 2.96. The van der Waals surface area contributed by atoms with Crippen molar-refractivity contribution >= 4 is 23.2 Å². The van der Waals surface area contributed by atoms with Gasteiger partial charge in [0.2, 0.25) is 5.91 Å². The second-order valence-corrected chi connectivity index (χ2v) is 4.99. The van der Waals surface area contributed by atoms with Crippen LogP contribution in [0, 0.1) is 0 Å². The van der Waals surface area contributed by atoms with Crippen molar-refractivity contribution in [3.63, 3.8) is 0 Å². The molecule has 0 saturated heterocycles. The standard InChI is InChI=1S/C11H14N2O2S/c1-6(10(12)14)13-11(15)9-8(4-5-16-9)7-2-3-7/h4-7H,2-3H2,1H3,(H2,12,14)(H,13,15)/t6-/m0/s1. The highest BCUT2D eigenvalue weighted by molar-refractivity contribution is 7.12. The highest BCUT2D eigenvalue weighted by atomic mass is 32.1. The molecule has 0 unspecified atom stereocenters. The number of amides is 2. The minimum absolute atomic E-state index is 0.191. The second-order valence-electron chi connectivity index (χ2n) is 4.08. The van der Waals surface area contributed by atoms with Crippen molar-refractivity contribution in [1.29, 1.82) is 0 Å². The van der Waals surface area contributed by atoms with E-state index >= 15 is 0 Å². The predicted octanol–water partition coefficient (Wildman–Crippen LogP) is 1.23. The van der Waals surface area contributed by atoms with Crippen molar-refractivity contribution < 1.29 is 9.59 Å². The molecule has 0 spiro atoms. The maximum atomic E-state index is 11.9. The SMILES string of the molecule is C[C@H](NC(=O)c1sccc1C1CC1)C(N)=O. The molecule has 4 nitrogen and oxygen atoms in total. The van der Waals surface area contributed by atoms with Crippen molar-refractivity contribution in [3.05, 3.63) is 21.9 Å². The highest BCUT2D eigenvalue weighted by Gasteiger charge is 2.29. The molecule has 0 radical (unpaired) electrons. The van der Waals surface area contributed by atoms with Crippen LogP contribution in [0.5, 0.6) is 0 Å². The average molecular weight is 238 g/mol. The molecule has 0 bridgehead atoms. The number of hydrogen-bond donors (Lipinski definition) is 2. The van der Waals surface area contributed by atoms with Gasteiger partial charge in [-0.05, 0) is 42.7 Å². The fourth-order valence-electron chi connectivity index (χ4n) is 1.55. The lowest BCUT2D eigenvalue weighted by Gasteiger charge is -2.09. The fraction of sp³-hybridized carbons (Fsp3) is 0.455. The molecule has 1 aromatic rings. The summed E-state index contributed by atoms with van der Waals surface area (Å²) in [6, 6.07) is 1.37. The van der Waals surface area contributed by atoms with E-state index in [1.54, 1.807) is 6.92 Å². The number of carbonyl (C=O) groups is 2. The van der Waals surface area contributed by atoms with Gasteiger partial charge in [0.25, 0.3) is 5.91 Å². The molecule has 1 saturated carbocycles. The summed E-state index contributed by atoms with van der Waals surface area (Å²) in [5, 5.41) is 4.52. The molecule has 1 fully saturated rings. The largest absolute Gasteiger partial charge is 0.368 e. The van der Waals surface area contributed by atoms with E-state index in [0.29, 0.717) is 5.92 Å². The minimum atomic E-state index is -0.623. The number of thiophene rings is 1. The molecule has 3 N–H and O–H groups in total. The van der Waals surface area contributed by atoms with Gasteiger partial charge in [0, 0.05) is 0 Å². The van der Waals surface area contributed by atoms with Gasteiger partial charge in [-0.1, -0.05) is 0 Å². The van der Waals surface area contributed by atoms with Crippen LogP contribution in [0.15, 0.2) is 11.4 Å². The van der Waals surface area contributed by atoms with Gasteiger partial charge in [-0.15, -0.1) is 11.3 Å². The zero-order chi connectivity index (χ0) is 11.7. The van der Waals surface area contributed by atoms with Crippen molar-refractivity contribution in [1.82, 2.24) is 5.32 Å².